The predicted octanol–water partition coefficient (Wildman–Crippen LogP) is 4.42. The van der Waals surface area contributed by atoms with Crippen LogP contribution < -0.4 is 34.6 Å². The Bertz CT molecular complexity index is 1490. The Hall–Kier alpha value is -2.71. The maximum atomic E-state index is 3.74. The third kappa shape index (κ3) is 10.9. The Labute approximate surface area is 318 Å². The molecule has 0 heterocycles. The molecule has 0 bridgehead atoms. The molecule has 0 aliphatic heterocycles. The maximum absolute atomic E-state index is 3.74. The van der Waals surface area contributed by atoms with E-state index in [2.05, 4.69) is 174 Å². The SMILES string of the molecule is CC(C)N(c1[c-]c2c(cc1)-c1ccc(N(C(C)C)C(C)C)cc1C2)C(C)C.[C-]1=CC=CC1.[Cl-].[Cl-].[Zr+2]=[C](c1ccccc1)c1ccccc1. The second kappa shape index (κ2) is 20.1. The summed E-state index contributed by atoms with van der Waals surface area (Å²) < 4.78 is 1.42. The molecule has 4 aromatic rings. The van der Waals surface area contributed by atoms with Crippen LogP contribution in [0.25, 0.3) is 11.1 Å². The van der Waals surface area contributed by atoms with Crippen molar-refractivity contribution in [3.05, 3.63) is 144 Å². The van der Waals surface area contributed by atoms with Gasteiger partial charge in [-0.25, -0.2) is 12.2 Å². The van der Waals surface area contributed by atoms with Crippen molar-refractivity contribution >= 4 is 14.6 Å². The molecule has 0 saturated carbocycles. The molecular weight excluding hydrogens is 707 g/mol. The molecule has 6 rings (SSSR count). The van der Waals surface area contributed by atoms with Crippen molar-refractivity contribution in [1.82, 2.24) is 0 Å². The van der Waals surface area contributed by atoms with E-state index in [0.29, 0.717) is 24.2 Å². The minimum atomic E-state index is 0. The van der Waals surface area contributed by atoms with Crippen LogP contribution >= 0.6 is 0 Å². The van der Waals surface area contributed by atoms with Gasteiger partial charge in [-0.3, -0.25) is 6.08 Å². The molecule has 0 radical (unpaired) electrons. The molecule has 0 saturated heterocycles. The predicted molar refractivity (Wildman–Crippen MR) is 197 cm³/mol. The first-order valence-corrected chi connectivity index (χ1v) is 18.0. The van der Waals surface area contributed by atoms with Gasteiger partial charge in [-0.05, 0) is 79.5 Å². The first-order valence-electron chi connectivity index (χ1n) is 16.7. The Kier molecular flexibility index (Phi) is 17.3. The summed E-state index contributed by atoms with van der Waals surface area (Å²) in [6.45, 7) is 18.1. The number of fused-ring (bicyclic) bond motifs is 3. The number of allylic oxidation sites excluding steroid dienone is 4. The average Bonchev–Trinajstić information content (AvgIpc) is 3.73. The van der Waals surface area contributed by atoms with Crippen LogP contribution in [0.1, 0.15) is 84.1 Å². The Morgan fingerprint density at radius 2 is 1.17 bits per heavy atom. The van der Waals surface area contributed by atoms with E-state index in [1.54, 1.807) is 0 Å². The second-order valence-corrected chi connectivity index (χ2v) is 14.3. The van der Waals surface area contributed by atoms with E-state index >= 15 is 0 Å². The zero-order valence-electron chi connectivity index (χ0n) is 29.8. The Morgan fingerprint density at radius 1 is 0.646 bits per heavy atom. The van der Waals surface area contributed by atoms with Gasteiger partial charge in [0, 0.05) is 29.9 Å². The molecule has 2 aliphatic rings. The molecule has 0 aromatic heterocycles. The van der Waals surface area contributed by atoms with Crippen LogP contribution in [0, 0.1) is 12.1 Å². The molecule has 0 N–H and O–H groups in total. The van der Waals surface area contributed by atoms with E-state index in [9.17, 15) is 0 Å². The van der Waals surface area contributed by atoms with Gasteiger partial charge in [0.2, 0.25) is 0 Å². The van der Waals surface area contributed by atoms with E-state index in [1.165, 1.54) is 72.2 Å². The van der Waals surface area contributed by atoms with Gasteiger partial charge in [0.05, 0.1) is 0 Å². The molecule has 0 unspecified atom stereocenters. The van der Waals surface area contributed by atoms with E-state index in [0.717, 1.165) is 12.8 Å². The van der Waals surface area contributed by atoms with Gasteiger partial charge in [0.15, 0.2) is 0 Å². The fraction of sp³-hybridized carbons (Fsp3) is 0.326. The third-order valence-electron chi connectivity index (χ3n) is 8.27. The summed E-state index contributed by atoms with van der Waals surface area (Å²) in [4.78, 5) is 4.95. The first-order chi connectivity index (χ1) is 22.1. The first kappa shape index (κ1) is 41.5. The monoisotopic (exact) mass is 754 g/mol. The number of rotatable bonds is 8. The van der Waals surface area contributed by atoms with Gasteiger partial charge < -0.3 is 34.6 Å². The Balaban J connectivity index is 0.000000317. The van der Waals surface area contributed by atoms with Gasteiger partial charge in [-0.2, -0.15) is 18.2 Å². The molecule has 4 aromatic carbocycles. The molecule has 0 atom stereocenters. The van der Waals surface area contributed by atoms with Crippen molar-refractivity contribution in [2.45, 2.75) is 92.4 Å². The Morgan fingerprint density at radius 3 is 1.60 bits per heavy atom. The topological polar surface area (TPSA) is 6.48 Å². The summed E-state index contributed by atoms with van der Waals surface area (Å²) >= 11 is 1.46. The van der Waals surface area contributed by atoms with Crippen LogP contribution in [0.3, 0.4) is 0 Å². The summed E-state index contributed by atoms with van der Waals surface area (Å²) in [6, 6.07) is 38.3. The summed E-state index contributed by atoms with van der Waals surface area (Å²) in [5.74, 6) is 0. The van der Waals surface area contributed by atoms with Gasteiger partial charge in [-0.1, -0.05) is 17.3 Å². The van der Waals surface area contributed by atoms with Crippen molar-refractivity contribution in [2.24, 2.45) is 0 Å². The van der Waals surface area contributed by atoms with Crippen molar-refractivity contribution in [2.75, 3.05) is 9.80 Å². The van der Waals surface area contributed by atoms with E-state index in [1.807, 2.05) is 12.2 Å². The summed E-state index contributed by atoms with van der Waals surface area (Å²) in [6.07, 6.45) is 11.0. The van der Waals surface area contributed by atoms with E-state index in [-0.39, 0.29) is 24.8 Å². The molecule has 0 fully saturated rings. The van der Waals surface area contributed by atoms with Crippen molar-refractivity contribution in [1.29, 1.82) is 0 Å². The van der Waals surface area contributed by atoms with Crippen LogP contribution in [0.4, 0.5) is 11.4 Å². The van der Waals surface area contributed by atoms with Crippen molar-refractivity contribution in [3.63, 3.8) is 0 Å². The zero-order chi connectivity index (χ0) is 33.2. The number of nitrogens with zero attached hydrogens (tertiary/aromatic N) is 2. The average molecular weight is 757 g/mol. The summed E-state index contributed by atoms with van der Waals surface area (Å²) in [5.41, 5.74) is 10.7. The number of benzene rings is 4. The molecule has 48 heavy (non-hydrogen) atoms. The van der Waals surface area contributed by atoms with Crippen LogP contribution in [0.15, 0.2) is 109 Å². The van der Waals surface area contributed by atoms with Crippen molar-refractivity contribution < 1.29 is 49.0 Å². The zero-order valence-corrected chi connectivity index (χ0v) is 33.7. The molecular formula is C43H50Cl2N2Zr-2. The van der Waals surface area contributed by atoms with Gasteiger partial charge in [0.1, 0.15) is 0 Å². The fourth-order valence-corrected chi connectivity index (χ4v) is 7.29. The van der Waals surface area contributed by atoms with Crippen molar-refractivity contribution in [3.8, 4) is 11.1 Å². The molecule has 0 amide bonds. The van der Waals surface area contributed by atoms with Gasteiger partial charge in [-0.15, -0.1) is 23.6 Å². The number of anilines is 2. The minimum absolute atomic E-state index is 0. The fourth-order valence-electron chi connectivity index (χ4n) is 6.47. The standard InChI is InChI=1S/C25H35N2.C13H10.C5H5.2ClH.Zr/c1-16(2)26(17(3)4)22-9-11-24-20(14-22)13-21-15-23(10-12-25(21)24)27(18(5)6)19(7)8;1-3-7-12(8-4-1)11-13-9-5-2-6-10-13;1-2-4-5-3-1;;;/h9-12,14,16-19H,13H2,1-8H3;1-10H;1-3H,4H2;2*1H;/q-1;;-1;;;+2/p-2. The van der Waals surface area contributed by atoms with Crippen LogP contribution in [-0.4, -0.2) is 27.4 Å². The number of hydrogen-bond donors (Lipinski definition) is 0. The summed E-state index contributed by atoms with van der Waals surface area (Å²) in [7, 11) is 0. The van der Waals surface area contributed by atoms with Gasteiger partial charge >= 0.3 is 99.2 Å². The quantitative estimate of drug-likeness (QED) is 0.217. The summed E-state index contributed by atoms with van der Waals surface area (Å²) in [5, 5.41) is 0. The molecule has 2 nitrogen and oxygen atoms in total. The second-order valence-electron chi connectivity index (χ2n) is 13.1. The molecule has 5 heteroatoms. The number of halogens is 2. The number of hydrogen-bond acceptors (Lipinski definition) is 2. The van der Waals surface area contributed by atoms with Gasteiger partial charge in [0.25, 0.3) is 0 Å². The molecule has 252 valence electrons. The normalized spacial score (nSPS) is 12.0. The van der Waals surface area contributed by atoms with E-state index in [4.69, 9.17) is 0 Å². The van der Waals surface area contributed by atoms with Crippen LogP contribution in [0.2, 0.25) is 0 Å². The third-order valence-corrected chi connectivity index (χ3v) is 9.69. The van der Waals surface area contributed by atoms with Crippen LogP contribution in [0.5, 0.6) is 0 Å². The molecule has 0 spiro atoms. The van der Waals surface area contributed by atoms with Crippen LogP contribution in [-0.2, 0) is 30.7 Å². The molecule has 2 aliphatic carbocycles. The van der Waals surface area contributed by atoms with E-state index < -0.39 is 0 Å².